The number of carbonyl (C=O) groups excluding carboxylic acids is 1. The molecule has 0 aromatic rings. The van der Waals surface area contributed by atoms with E-state index in [1.807, 2.05) is 6.08 Å². The number of esters is 1. The molecule has 0 aromatic heterocycles. The van der Waals surface area contributed by atoms with E-state index in [2.05, 4.69) is 72.8 Å². The highest BCUT2D eigenvalue weighted by Crippen LogP contribution is 2.12. The summed E-state index contributed by atoms with van der Waals surface area (Å²) in [6.07, 6.45) is 18.8. The molecule has 0 aliphatic heterocycles. The first kappa shape index (κ1) is 27.2. The fraction of sp³-hybridized carbons (Fsp3) is 0.593. The minimum absolute atomic E-state index is 0.114. The van der Waals surface area contributed by atoms with E-state index in [9.17, 15) is 4.79 Å². The van der Waals surface area contributed by atoms with Crippen molar-refractivity contribution in [3.63, 3.8) is 0 Å². The van der Waals surface area contributed by atoms with Gasteiger partial charge in [0.2, 0.25) is 0 Å². The summed E-state index contributed by atoms with van der Waals surface area (Å²) in [5.41, 5.74) is 6.82. The Hall–Kier alpha value is -1.83. The van der Waals surface area contributed by atoms with Crippen LogP contribution in [0.1, 0.15) is 99.8 Å². The van der Waals surface area contributed by atoms with Gasteiger partial charge in [-0.1, -0.05) is 52.2 Å². The summed E-state index contributed by atoms with van der Waals surface area (Å²) in [5.74, 6) is -0.114. The predicted molar refractivity (Wildman–Crippen MR) is 128 cm³/mol. The van der Waals surface area contributed by atoms with Gasteiger partial charge in [-0.2, -0.15) is 0 Å². The van der Waals surface area contributed by atoms with Crippen molar-refractivity contribution in [3.8, 4) is 0 Å². The average molecular weight is 401 g/mol. The second-order valence-corrected chi connectivity index (χ2v) is 8.55. The van der Waals surface area contributed by atoms with E-state index >= 15 is 0 Å². The molecule has 0 aromatic carbocycles. The van der Waals surface area contributed by atoms with E-state index in [-0.39, 0.29) is 5.97 Å². The van der Waals surface area contributed by atoms with E-state index in [1.165, 1.54) is 27.9 Å². The van der Waals surface area contributed by atoms with Crippen molar-refractivity contribution in [1.29, 1.82) is 0 Å². The maximum atomic E-state index is 11.9. The minimum Gasteiger partial charge on any atom is -0.461 e. The third kappa shape index (κ3) is 19.3. The van der Waals surface area contributed by atoms with Crippen molar-refractivity contribution < 1.29 is 9.53 Å². The van der Waals surface area contributed by atoms with E-state index in [4.69, 9.17) is 4.74 Å². The number of hydrogen-bond donors (Lipinski definition) is 0. The maximum Gasteiger partial charge on any atom is 0.306 e. The summed E-state index contributed by atoms with van der Waals surface area (Å²) < 4.78 is 5.31. The average Bonchev–Trinajstić information content (AvgIpc) is 2.61. The second-order valence-electron chi connectivity index (χ2n) is 8.55. The van der Waals surface area contributed by atoms with Gasteiger partial charge in [0.05, 0.1) is 0 Å². The molecule has 29 heavy (non-hydrogen) atoms. The molecule has 0 amide bonds. The lowest BCUT2D eigenvalue weighted by atomic mass is 10.1. The van der Waals surface area contributed by atoms with Crippen molar-refractivity contribution in [2.75, 3.05) is 6.61 Å². The molecule has 0 aliphatic rings. The molecule has 0 unspecified atom stereocenters. The second kappa shape index (κ2) is 17.1. The van der Waals surface area contributed by atoms with E-state index < -0.39 is 0 Å². The number of ether oxygens (including phenoxy) is 1. The summed E-state index contributed by atoms with van der Waals surface area (Å²) in [5, 5.41) is 0. The molecule has 0 saturated carbocycles. The topological polar surface area (TPSA) is 26.3 Å². The van der Waals surface area contributed by atoms with Gasteiger partial charge in [0.1, 0.15) is 6.61 Å². The highest BCUT2D eigenvalue weighted by atomic mass is 16.5. The molecule has 0 radical (unpaired) electrons. The Morgan fingerprint density at radius 1 is 0.552 bits per heavy atom. The van der Waals surface area contributed by atoms with Gasteiger partial charge in [0, 0.05) is 6.42 Å². The lowest BCUT2D eigenvalue weighted by Gasteiger charge is -2.04. The Morgan fingerprint density at radius 2 is 0.931 bits per heavy atom. The van der Waals surface area contributed by atoms with Crippen LogP contribution in [0.25, 0.3) is 0 Å². The van der Waals surface area contributed by atoms with E-state index in [0.29, 0.717) is 13.0 Å². The Bertz CT molecular complexity index is 619. The van der Waals surface area contributed by atoms with Gasteiger partial charge in [-0.05, 0) is 99.5 Å². The first-order valence-corrected chi connectivity index (χ1v) is 11.1. The Balaban J connectivity index is 3.99. The van der Waals surface area contributed by atoms with Crippen molar-refractivity contribution in [1.82, 2.24) is 0 Å². The first-order valence-electron chi connectivity index (χ1n) is 11.1. The number of rotatable bonds is 14. The molecule has 2 nitrogen and oxygen atoms in total. The smallest absolute Gasteiger partial charge is 0.306 e. The van der Waals surface area contributed by atoms with Crippen LogP contribution >= 0.6 is 0 Å². The summed E-state index contributed by atoms with van der Waals surface area (Å²) in [6, 6.07) is 0. The molecule has 0 heterocycles. The quantitative estimate of drug-likeness (QED) is 0.216. The summed E-state index contributed by atoms with van der Waals surface area (Å²) in [4.78, 5) is 11.9. The maximum absolute atomic E-state index is 11.9. The SMILES string of the molecule is CC(C)=CCC/C(C)=C\CC/C(C)=C/CCC(=O)OC/C=C(\C)CCC=C(C)C. The zero-order chi connectivity index (χ0) is 22.1. The molecule has 0 N–H and O–H groups in total. The molecule has 0 bridgehead atoms. The normalized spacial score (nSPS) is 12.6. The molecule has 0 spiro atoms. The molecular formula is C27H44O2. The molecule has 164 valence electrons. The number of carbonyl (C=O) groups is 1. The van der Waals surface area contributed by atoms with Crippen LogP contribution < -0.4 is 0 Å². The van der Waals surface area contributed by atoms with Crippen LogP contribution in [0.15, 0.2) is 58.2 Å². The van der Waals surface area contributed by atoms with Crippen molar-refractivity contribution in [2.24, 2.45) is 0 Å². The standard InChI is InChI=1S/C27H44O2/c1-22(2)12-8-14-24(5)16-10-17-25(6)18-11-19-27(28)29-21-20-26(7)15-9-13-23(3)4/h12-13,16,18,20H,8-11,14-15,17,19,21H2,1-7H3/b24-16-,25-18+,26-20+. The van der Waals surface area contributed by atoms with Crippen LogP contribution in [0.2, 0.25) is 0 Å². The van der Waals surface area contributed by atoms with Gasteiger partial charge in [-0.25, -0.2) is 0 Å². The number of hydrogen-bond acceptors (Lipinski definition) is 2. The summed E-state index contributed by atoms with van der Waals surface area (Å²) in [7, 11) is 0. The molecule has 0 fully saturated rings. The first-order chi connectivity index (χ1) is 13.7. The highest BCUT2D eigenvalue weighted by molar-refractivity contribution is 5.69. The van der Waals surface area contributed by atoms with Crippen LogP contribution in [-0.2, 0) is 9.53 Å². The molecule has 2 heteroatoms. The third-order valence-electron chi connectivity index (χ3n) is 4.73. The fourth-order valence-corrected chi connectivity index (χ4v) is 2.81. The third-order valence-corrected chi connectivity index (χ3v) is 4.73. The Labute approximate surface area is 180 Å². The predicted octanol–water partition coefficient (Wildman–Crippen LogP) is 8.42. The monoisotopic (exact) mass is 400 g/mol. The molecular weight excluding hydrogens is 356 g/mol. The van der Waals surface area contributed by atoms with Crippen LogP contribution in [0.3, 0.4) is 0 Å². The van der Waals surface area contributed by atoms with Gasteiger partial charge in [-0.15, -0.1) is 0 Å². The molecule has 0 atom stereocenters. The lowest BCUT2D eigenvalue weighted by Crippen LogP contribution is -2.04. The summed E-state index contributed by atoms with van der Waals surface area (Å²) in [6.45, 7) is 15.4. The lowest BCUT2D eigenvalue weighted by molar-refractivity contribution is -0.142. The van der Waals surface area contributed by atoms with Crippen LogP contribution in [-0.4, -0.2) is 12.6 Å². The van der Waals surface area contributed by atoms with Crippen LogP contribution in [0, 0.1) is 0 Å². The number of allylic oxidation sites excluding steroid dienone is 9. The largest absolute Gasteiger partial charge is 0.461 e. The van der Waals surface area contributed by atoms with E-state index in [0.717, 1.165) is 44.9 Å². The Kier molecular flexibility index (Phi) is 16.0. The van der Waals surface area contributed by atoms with Gasteiger partial charge in [-0.3, -0.25) is 4.79 Å². The van der Waals surface area contributed by atoms with Crippen LogP contribution in [0.4, 0.5) is 0 Å². The van der Waals surface area contributed by atoms with Crippen molar-refractivity contribution in [3.05, 3.63) is 58.2 Å². The highest BCUT2D eigenvalue weighted by Gasteiger charge is 2.01. The zero-order valence-corrected chi connectivity index (χ0v) is 20.1. The Morgan fingerprint density at radius 3 is 1.38 bits per heavy atom. The van der Waals surface area contributed by atoms with Gasteiger partial charge < -0.3 is 4.74 Å². The summed E-state index contributed by atoms with van der Waals surface area (Å²) >= 11 is 0. The molecule has 0 saturated heterocycles. The van der Waals surface area contributed by atoms with Crippen molar-refractivity contribution >= 4 is 5.97 Å². The zero-order valence-electron chi connectivity index (χ0n) is 20.1. The minimum atomic E-state index is -0.114. The van der Waals surface area contributed by atoms with Gasteiger partial charge >= 0.3 is 5.97 Å². The molecule has 0 rings (SSSR count). The van der Waals surface area contributed by atoms with Gasteiger partial charge in [0.15, 0.2) is 0 Å². The fourth-order valence-electron chi connectivity index (χ4n) is 2.81. The van der Waals surface area contributed by atoms with Gasteiger partial charge in [0.25, 0.3) is 0 Å². The van der Waals surface area contributed by atoms with Crippen molar-refractivity contribution in [2.45, 2.75) is 99.8 Å². The molecule has 0 aliphatic carbocycles. The van der Waals surface area contributed by atoms with Crippen LogP contribution in [0.5, 0.6) is 0 Å². The van der Waals surface area contributed by atoms with E-state index in [1.54, 1.807) is 0 Å².